The Morgan fingerprint density at radius 2 is 1.86 bits per heavy atom. The van der Waals surface area contributed by atoms with Crippen molar-refractivity contribution >= 4 is 28.9 Å². The Hall–Kier alpha value is -3.93. The van der Waals surface area contributed by atoms with E-state index in [-0.39, 0.29) is 30.1 Å². The highest BCUT2D eigenvalue weighted by Crippen LogP contribution is 2.27. The fourth-order valence-corrected chi connectivity index (χ4v) is 4.72. The molecule has 2 aromatic rings. The van der Waals surface area contributed by atoms with Gasteiger partial charge in [-0.15, -0.1) is 0 Å². The third kappa shape index (κ3) is 5.48. The lowest BCUT2D eigenvalue weighted by atomic mass is 9.93. The van der Waals surface area contributed by atoms with Gasteiger partial charge in [0, 0.05) is 30.8 Å². The minimum Gasteiger partial charge on any atom is -0.376 e. The predicted octanol–water partition coefficient (Wildman–Crippen LogP) is 4.91. The number of aryl methyl sites for hydroxylation is 2. The van der Waals surface area contributed by atoms with E-state index in [0.717, 1.165) is 28.0 Å². The van der Waals surface area contributed by atoms with Crippen LogP contribution in [0.1, 0.15) is 58.8 Å². The SMILES string of the molecule is C=CC(=O)N1CC(NC2=CC(c3cc(C)cc(C(=O)Nc4ccc(C(C)C)c(C)c4)c3)=CCC2=O)C1. The number of carbonyl (C=O) groups is 3. The maximum absolute atomic E-state index is 13.1. The smallest absolute Gasteiger partial charge is 0.255 e. The Morgan fingerprint density at radius 1 is 1.11 bits per heavy atom. The van der Waals surface area contributed by atoms with E-state index in [1.54, 1.807) is 4.90 Å². The molecule has 2 N–H and O–H groups in total. The Bertz CT molecular complexity index is 1300. The first-order valence-corrected chi connectivity index (χ1v) is 12.3. The molecule has 6 nitrogen and oxygen atoms in total. The second kappa shape index (κ2) is 10.4. The van der Waals surface area contributed by atoms with Crippen LogP contribution < -0.4 is 10.6 Å². The summed E-state index contributed by atoms with van der Waals surface area (Å²) in [4.78, 5) is 39.0. The van der Waals surface area contributed by atoms with Crippen LogP contribution in [0, 0.1) is 13.8 Å². The lowest BCUT2D eigenvalue weighted by Crippen LogP contribution is -2.59. The van der Waals surface area contributed by atoms with Gasteiger partial charge in [-0.2, -0.15) is 0 Å². The molecule has 0 unspecified atom stereocenters. The van der Waals surface area contributed by atoms with Crippen LogP contribution in [0.15, 0.2) is 66.9 Å². The molecule has 0 atom stereocenters. The molecule has 1 heterocycles. The molecular formula is C30H33N3O3. The summed E-state index contributed by atoms with van der Waals surface area (Å²) >= 11 is 0. The highest BCUT2D eigenvalue weighted by Gasteiger charge is 2.31. The molecule has 0 saturated carbocycles. The van der Waals surface area contributed by atoms with Gasteiger partial charge < -0.3 is 15.5 Å². The van der Waals surface area contributed by atoms with Gasteiger partial charge in [-0.05, 0) is 84.0 Å². The number of rotatable bonds is 7. The van der Waals surface area contributed by atoms with E-state index in [9.17, 15) is 14.4 Å². The zero-order valence-corrected chi connectivity index (χ0v) is 21.4. The predicted molar refractivity (Wildman–Crippen MR) is 144 cm³/mol. The van der Waals surface area contributed by atoms with Gasteiger partial charge in [0.25, 0.3) is 5.91 Å². The molecule has 36 heavy (non-hydrogen) atoms. The molecule has 0 spiro atoms. The molecule has 1 aliphatic heterocycles. The van der Waals surface area contributed by atoms with Crippen LogP contribution in [0.3, 0.4) is 0 Å². The van der Waals surface area contributed by atoms with Crippen molar-refractivity contribution in [2.24, 2.45) is 0 Å². The van der Waals surface area contributed by atoms with Gasteiger partial charge in [0.2, 0.25) is 5.91 Å². The number of benzene rings is 2. The summed E-state index contributed by atoms with van der Waals surface area (Å²) in [5.74, 6) is 0.162. The number of Topliss-reactive ketones (excluding diaryl/α,β-unsaturated/α-hetero) is 1. The van der Waals surface area contributed by atoms with Crippen molar-refractivity contribution in [1.82, 2.24) is 10.2 Å². The van der Waals surface area contributed by atoms with Crippen LogP contribution in [0.4, 0.5) is 5.69 Å². The molecule has 2 amide bonds. The highest BCUT2D eigenvalue weighted by atomic mass is 16.2. The summed E-state index contributed by atoms with van der Waals surface area (Å²) in [7, 11) is 0. The van der Waals surface area contributed by atoms with Crippen LogP contribution >= 0.6 is 0 Å². The van der Waals surface area contributed by atoms with Crippen LogP contribution in [0.2, 0.25) is 0 Å². The Morgan fingerprint density at radius 3 is 2.53 bits per heavy atom. The Balaban J connectivity index is 1.50. The second-order valence-electron chi connectivity index (χ2n) is 9.90. The number of carbonyl (C=O) groups excluding carboxylic acids is 3. The van der Waals surface area contributed by atoms with Crippen molar-refractivity contribution in [1.29, 1.82) is 0 Å². The molecule has 0 radical (unpaired) electrons. The fourth-order valence-electron chi connectivity index (χ4n) is 4.72. The lowest BCUT2D eigenvalue weighted by molar-refractivity contribution is -0.130. The van der Waals surface area contributed by atoms with Crippen LogP contribution in [-0.4, -0.2) is 41.6 Å². The van der Waals surface area contributed by atoms with Crippen LogP contribution in [0.25, 0.3) is 5.57 Å². The average molecular weight is 484 g/mol. The van der Waals surface area contributed by atoms with E-state index < -0.39 is 0 Å². The summed E-state index contributed by atoms with van der Waals surface area (Å²) in [6.07, 6.45) is 5.32. The summed E-state index contributed by atoms with van der Waals surface area (Å²) in [6, 6.07) is 11.8. The van der Waals surface area contributed by atoms with Gasteiger partial charge in [0.1, 0.15) is 0 Å². The van der Waals surface area contributed by atoms with Gasteiger partial charge in [0.05, 0.1) is 11.7 Å². The van der Waals surface area contributed by atoms with E-state index >= 15 is 0 Å². The number of nitrogens with zero attached hydrogens (tertiary/aromatic N) is 1. The van der Waals surface area contributed by atoms with Gasteiger partial charge in [-0.25, -0.2) is 0 Å². The van der Waals surface area contributed by atoms with Gasteiger partial charge in [-0.1, -0.05) is 38.6 Å². The zero-order chi connectivity index (χ0) is 26.0. The molecule has 0 bridgehead atoms. The van der Waals surface area contributed by atoms with Crippen molar-refractivity contribution in [2.75, 3.05) is 18.4 Å². The van der Waals surface area contributed by atoms with Crippen LogP contribution in [-0.2, 0) is 9.59 Å². The summed E-state index contributed by atoms with van der Waals surface area (Å²) < 4.78 is 0. The van der Waals surface area contributed by atoms with E-state index in [2.05, 4.69) is 44.1 Å². The third-order valence-corrected chi connectivity index (χ3v) is 6.66. The van der Waals surface area contributed by atoms with Gasteiger partial charge in [-0.3, -0.25) is 14.4 Å². The van der Waals surface area contributed by atoms with Gasteiger partial charge in [0.15, 0.2) is 5.78 Å². The molecule has 4 rings (SSSR count). The molecule has 6 heteroatoms. The number of anilines is 1. The molecule has 0 aromatic heterocycles. The van der Waals surface area contributed by atoms with Crippen molar-refractivity contribution < 1.29 is 14.4 Å². The first-order chi connectivity index (χ1) is 17.1. The first kappa shape index (κ1) is 25.2. The maximum atomic E-state index is 13.1. The zero-order valence-electron chi connectivity index (χ0n) is 21.4. The van der Waals surface area contributed by atoms with Crippen LogP contribution in [0.5, 0.6) is 0 Å². The van der Waals surface area contributed by atoms with E-state index in [4.69, 9.17) is 0 Å². The monoisotopic (exact) mass is 483 g/mol. The maximum Gasteiger partial charge on any atom is 0.255 e. The fraction of sp³-hybridized carbons (Fsp3) is 0.300. The topological polar surface area (TPSA) is 78.5 Å². The average Bonchev–Trinajstić information content (AvgIpc) is 2.81. The van der Waals surface area contributed by atoms with E-state index in [0.29, 0.717) is 30.3 Å². The Labute approximate surface area is 212 Å². The van der Waals surface area contributed by atoms with Crippen molar-refractivity contribution in [3.05, 3.63) is 94.7 Å². The number of hydrogen-bond acceptors (Lipinski definition) is 4. The number of nitrogens with one attached hydrogen (secondary N) is 2. The molecule has 2 aliphatic rings. The second-order valence-corrected chi connectivity index (χ2v) is 9.90. The summed E-state index contributed by atoms with van der Waals surface area (Å²) in [5.41, 5.74) is 7.03. The molecule has 1 aliphatic carbocycles. The van der Waals surface area contributed by atoms with Crippen molar-refractivity contribution in [3.8, 4) is 0 Å². The lowest BCUT2D eigenvalue weighted by Gasteiger charge is -2.40. The number of allylic oxidation sites excluding steroid dienone is 4. The standard InChI is InChI=1S/C30H33N3O3/c1-6-29(35)33-16-25(17-33)31-27-15-21(7-10-28(27)34)22-11-19(4)12-23(14-22)30(36)32-24-8-9-26(18(2)3)20(5)13-24/h6-9,11-15,18,25,31H,1,10,16-17H2,2-5H3,(H,32,36). The first-order valence-electron chi connectivity index (χ1n) is 12.3. The highest BCUT2D eigenvalue weighted by molar-refractivity contribution is 6.06. The van der Waals surface area contributed by atoms with Crippen molar-refractivity contribution in [2.45, 2.75) is 46.1 Å². The number of hydrogen-bond donors (Lipinski definition) is 2. The molecule has 1 fully saturated rings. The molecular weight excluding hydrogens is 450 g/mol. The number of amides is 2. The van der Waals surface area contributed by atoms with Crippen molar-refractivity contribution in [3.63, 3.8) is 0 Å². The summed E-state index contributed by atoms with van der Waals surface area (Å²) in [6.45, 7) is 12.9. The molecule has 1 saturated heterocycles. The quantitative estimate of drug-likeness (QED) is 0.549. The summed E-state index contributed by atoms with van der Waals surface area (Å²) in [5, 5.41) is 6.30. The normalized spacial score (nSPS) is 15.7. The van der Waals surface area contributed by atoms with E-state index in [1.807, 2.05) is 49.4 Å². The minimum absolute atomic E-state index is 0.0121. The van der Waals surface area contributed by atoms with Gasteiger partial charge >= 0.3 is 0 Å². The molecule has 2 aromatic carbocycles. The number of likely N-dealkylation sites (tertiary alicyclic amines) is 1. The minimum atomic E-state index is -0.173. The largest absolute Gasteiger partial charge is 0.376 e. The van der Waals surface area contributed by atoms with E-state index in [1.165, 1.54) is 11.6 Å². The number of ketones is 1. The third-order valence-electron chi connectivity index (χ3n) is 6.66. The Kier molecular flexibility index (Phi) is 7.25. The molecule has 186 valence electrons.